The second-order valence-electron chi connectivity index (χ2n) is 5.44. The molecule has 0 aromatic heterocycles. The molecule has 0 radical (unpaired) electrons. The number of nitrogens with zero attached hydrogens (tertiary/aromatic N) is 1. The molecule has 1 nitrogen and oxygen atoms in total. The maximum absolute atomic E-state index is 14.3. The maximum atomic E-state index is 14.3. The highest BCUT2D eigenvalue weighted by Crippen LogP contribution is 2.38. The summed E-state index contributed by atoms with van der Waals surface area (Å²) in [5.41, 5.74) is 5.49. The molecule has 0 aliphatic carbocycles. The highest BCUT2D eigenvalue weighted by atomic mass is 19.1. The van der Waals surface area contributed by atoms with Gasteiger partial charge in [-0.25, -0.2) is 4.39 Å². The minimum Gasteiger partial charge on any atom is -0.344 e. The van der Waals surface area contributed by atoms with E-state index in [0.29, 0.717) is 5.56 Å². The molecule has 0 saturated heterocycles. The third kappa shape index (κ3) is 3.33. The van der Waals surface area contributed by atoms with E-state index < -0.39 is 0 Å². The van der Waals surface area contributed by atoms with E-state index in [1.54, 1.807) is 6.07 Å². The number of halogens is 1. The Morgan fingerprint density at radius 3 is 2.12 bits per heavy atom. The fourth-order valence-electron chi connectivity index (χ4n) is 2.77. The van der Waals surface area contributed by atoms with Crippen molar-refractivity contribution in [2.24, 2.45) is 0 Å². The Morgan fingerprint density at radius 1 is 0.917 bits per heavy atom. The molecule has 0 bridgehead atoms. The molecule has 2 aromatic carbocycles. The van der Waals surface area contributed by atoms with E-state index in [-0.39, 0.29) is 5.82 Å². The zero-order valence-electron chi connectivity index (χ0n) is 14.8. The molecule has 1 aliphatic rings. The first-order chi connectivity index (χ1) is 11.6. The minimum absolute atomic E-state index is 0.224. The fourth-order valence-corrected chi connectivity index (χ4v) is 2.77. The van der Waals surface area contributed by atoms with Gasteiger partial charge in [0.2, 0.25) is 0 Å². The summed E-state index contributed by atoms with van der Waals surface area (Å²) < 4.78 is 14.3. The van der Waals surface area contributed by atoms with Crippen molar-refractivity contribution in [1.82, 2.24) is 4.90 Å². The molecule has 0 saturated carbocycles. The monoisotopic (exact) mass is 321 g/mol. The molecule has 0 N–H and O–H groups in total. The smallest absolute Gasteiger partial charge is 0.132 e. The summed E-state index contributed by atoms with van der Waals surface area (Å²) in [7, 11) is 1.93. The Balaban J connectivity index is 0.00000100. The molecule has 1 aliphatic heterocycles. The van der Waals surface area contributed by atoms with E-state index in [2.05, 4.69) is 12.7 Å². The van der Waals surface area contributed by atoms with Crippen LogP contribution < -0.4 is 0 Å². The molecule has 2 aromatic rings. The van der Waals surface area contributed by atoms with Crippen molar-refractivity contribution in [1.29, 1.82) is 0 Å². The van der Waals surface area contributed by atoms with Crippen LogP contribution in [-0.2, 0) is 0 Å². The predicted molar refractivity (Wildman–Crippen MR) is 102 cm³/mol. The molecule has 2 heteroatoms. The number of allylic oxidation sites excluding steroid dienone is 3. The number of benzene rings is 2. The standard InChI is InChI=1S/C20H18FN.C2H6/c1-14-13-18(16-9-5-4-6-10-16)20(22(3)15(14)2)17-11-7-8-12-19(17)21;1-2/h4-13H,2H2,1,3H3;1-2H3. The van der Waals surface area contributed by atoms with Crippen molar-refractivity contribution < 1.29 is 4.39 Å². The number of hydrogen-bond donors (Lipinski definition) is 0. The van der Waals surface area contributed by atoms with Gasteiger partial charge in [-0.1, -0.05) is 62.9 Å². The number of hydrogen-bond acceptors (Lipinski definition) is 1. The van der Waals surface area contributed by atoms with Gasteiger partial charge in [-0.3, -0.25) is 0 Å². The molecule has 0 amide bonds. The van der Waals surface area contributed by atoms with E-state index in [1.807, 2.05) is 75.2 Å². The van der Waals surface area contributed by atoms with Crippen molar-refractivity contribution >= 4 is 11.3 Å². The van der Waals surface area contributed by atoms with Crippen molar-refractivity contribution in [3.63, 3.8) is 0 Å². The van der Waals surface area contributed by atoms with E-state index in [1.165, 1.54) is 6.07 Å². The lowest BCUT2D eigenvalue weighted by Gasteiger charge is -2.32. The van der Waals surface area contributed by atoms with Crippen molar-refractivity contribution in [3.05, 3.63) is 95.5 Å². The largest absolute Gasteiger partial charge is 0.344 e. The Kier molecular flexibility index (Phi) is 5.75. The zero-order valence-corrected chi connectivity index (χ0v) is 14.8. The van der Waals surface area contributed by atoms with Crippen LogP contribution in [0.5, 0.6) is 0 Å². The molecule has 0 spiro atoms. The third-order valence-corrected chi connectivity index (χ3v) is 4.03. The van der Waals surface area contributed by atoms with Crippen LogP contribution in [0.15, 0.2) is 78.5 Å². The van der Waals surface area contributed by atoms with Gasteiger partial charge in [-0.15, -0.1) is 0 Å². The molecule has 0 unspecified atom stereocenters. The van der Waals surface area contributed by atoms with Crippen LogP contribution in [-0.4, -0.2) is 11.9 Å². The average molecular weight is 321 g/mol. The van der Waals surface area contributed by atoms with Crippen molar-refractivity contribution in [2.45, 2.75) is 20.8 Å². The van der Waals surface area contributed by atoms with Crippen LogP contribution in [0, 0.1) is 5.82 Å². The second kappa shape index (κ2) is 7.78. The van der Waals surface area contributed by atoms with Gasteiger partial charge >= 0.3 is 0 Å². The first-order valence-electron chi connectivity index (χ1n) is 8.25. The molecular weight excluding hydrogens is 297 g/mol. The van der Waals surface area contributed by atoms with Crippen LogP contribution in [0.2, 0.25) is 0 Å². The fraction of sp³-hybridized carbons (Fsp3) is 0.182. The van der Waals surface area contributed by atoms with E-state index in [0.717, 1.165) is 28.1 Å². The summed E-state index contributed by atoms with van der Waals surface area (Å²) in [6.45, 7) is 10.1. The Morgan fingerprint density at radius 2 is 1.50 bits per heavy atom. The number of rotatable bonds is 2. The summed E-state index contributed by atoms with van der Waals surface area (Å²) in [4.78, 5) is 1.97. The minimum atomic E-state index is -0.224. The van der Waals surface area contributed by atoms with Gasteiger partial charge in [0.15, 0.2) is 0 Å². The van der Waals surface area contributed by atoms with Crippen LogP contribution in [0.1, 0.15) is 31.9 Å². The molecule has 0 fully saturated rings. The van der Waals surface area contributed by atoms with Gasteiger partial charge in [0.1, 0.15) is 5.82 Å². The normalized spacial score (nSPS) is 14.1. The van der Waals surface area contributed by atoms with Crippen LogP contribution in [0.3, 0.4) is 0 Å². The lowest BCUT2D eigenvalue weighted by molar-refractivity contribution is 0.582. The van der Waals surface area contributed by atoms with Crippen LogP contribution in [0.4, 0.5) is 4.39 Å². The summed E-state index contributed by atoms with van der Waals surface area (Å²) in [5, 5.41) is 0. The highest BCUT2D eigenvalue weighted by Gasteiger charge is 2.23. The van der Waals surface area contributed by atoms with Gasteiger partial charge in [-0.2, -0.15) is 0 Å². The molecule has 1 heterocycles. The Hall–Kier alpha value is -2.61. The molecular formula is C22H24FN. The van der Waals surface area contributed by atoms with Gasteiger partial charge in [0, 0.05) is 23.9 Å². The first-order valence-corrected chi connectivity index (χ1v) is 8.25. The first kappa shape index (κ1) is 17.7. The Labute approximate surface area is 144 Å². The average Bonchev–Trinajstić information content (AvgIpc) is 2.63. The predicted octanol–water partition coefficient (Wildman–Crippen LogP) is 6.13. The van der Waals surface area contributed by atoms with E-state index >= 15 is 0 Å². The summed E-state index contributed by atoms with van der Waals surface area (Å²) in [6.07, 6.45) is 2.08. The zero-order chi connectivity index (χ0) is 17.7. The van der Waals surface area contributed by atoms with Crippen LogP contribution >= 0.6 is 0 Å². The third-order valence-electron chi connectivity index (χ3n) is 4.03. The topological polar surface area (TPSA) is 3.24 Å². The van der Waals surface area contributed by atoms with Gasteiger partial charge in [0.25, 0.3) is 0 Å². The summed E-state index contributed by atoms with van der Waals surface area (Å²) in [6, 6.07) is 16.9. The van der Waals surface area contributed by atoms with Crippen molar-refractivity contribution in [2.75, 3.05) is 7.05 Å². The van der Waals surface area contributed by atoms with Crippen molar-refractivity contribution in [3.8, 4) is 0 Å². The van der Waals surface area contributed by atoms with Gasteiger partial charge < -0.3 is 4.90 Å². The molecule has 0 atom stereocenters. The molecule has 24 heavy (non-hydrogen) atoms. The summed E-state index contributed by atoms with van der Waals surface area (Å²) in [5.74, 6) is -0.224. The van der Waals surface area contributed by atoms with E-state index in [9.17, 15) is 4.39 Å². The lowest BCUT2D eigenvalue weighted by atomic mass is 9.92. The number of likely N-dealkylation sites (N-methyl/N-ethyl adjacent to an activating group) is 1. The highest BCUT2D eigenvalue weighted by molar-refractivity contribution is 5.97. The van der Waals surface area contributed by atoms with E-state index in [4.69, 9.17) is 0 Å². The van der Waals surface area contributed by atoms with Crippen LogP contribution in [0.25, 0.3) is 11.3 Å². The van der Waals surface area contributed by atoms with Gasteiger partial charge in [-0.05, 0) is 36.3 Å². The Bertz CT molecular complexity index is 785. The SMILES string of the molecule is C=C1C(C)=CC(c2ccccc2)=C(c2ccccc2F)N1C.CC. The second-order valence-corrected chi connectivity index (χ2v) is 5.44. The molecule has 124 valence electrons. The lowest BCUT2D eigenvalue weighted by Crippen LogP contribution is -2.21. The quantitative estimate of drug-likeness (QED) is 0.643. The summed E-state index contributed by atoms with van der Waals surface area (Å²) >= 11 is 0. The van der Waals surface area contributed by atoms with Gasteiger partial charge in [0.05, 0.1) is 5.70 Å². The molecule has 3 rings (SSSR count). The maximum Gasteiger partial charge on any atom is 0.132 e.